The summed E-state index contributed by atoms with van der Waals surface area (Å²) in [5.41, 5.74) is 1.60. The Morgan fingerprint density at radius 2 is 1.74 bits per heavy atom. The molecule has 0 spiro atoms. The normalized spacial score (nSPS) is 14.2. The number of pyridine rings is 1. The fourth-order valence-electron chi connectivity index (χ4n) is 4.94. The molecule has 1 fully saturated rings. The Kier molecular flexibility index (Phi) is 9.25. The summed E-state index contributed by atoms with van der Waals surface area (Å²) >= 11 is 0. The van der Waals surface area contributed by atoms with Crippen LogP contribution >= 0.6 is 0 Å². The molecule has 1 N–H and O–H groups in total. The highest BCUT2D eigenvalue weighted by molar-refractivity contribution is 6.01. The Balaban J connectivity index is 1.41. The molecule has 2 heterocycles. The number of piperazine rings is 1. The Morgan fingerprint density at radius 1 is 0.974 bits per heavy atom. The van der Waals surface area contributed by atoms with Crippen molar-refractivity contribution < 1.29 is 14.4 Å². The standard InChI is InChI=1S/C31H36N4O3/c1-3-30(37)32-16-7-6-12-27(22-28(36)26-15-14-24-10-4-5-11-25(24)21-26)31(38)35-19-17-34(18-20-35)29-13-8-9-23(2)33-29/h3-5,8-11,13-15,21,27H,1,6-7,12,16-20,22H2,2H3,(H,32,37)/t27-/m1/s1. The monoisotopic (exact) mass is 512 g/mol. The molecule has 4 rings (SSSR count). The minimum absolute atomic E-state index is 0.0170. The highest BCUT2D eigenvalue weighted by Crippen LogP contribution is 2.23. The minimum atomic E-state index is -0.396. The van der Waals surface area contributed by atoms with E-state index in [4.69, 9.17) is 0 Å². The van der Waals surface area contributed by atoms with Crippen LogP contribution in [0.4, 0.5) is 5.82 Å². The summed E-state index contributed by atoms with van der Waals surface area (Å²) in [5, 5.41) is 4.87. The fraction of sp³-hybridized carbons (Fsp3) is 0.355. The van der Waals surface area contributed by atoms with Gasteiger partial charge < -0.3 is 15.1 Å². The number of carbonyl (C=O) groups is 3. The van der Waals surface area contributed by atoms with Gasteiger partial charge in [-0.05, 0) is 54.8 Å². The second-order valence-electron chi connectivity index (χ2n) is 9.83. The van der Waals surface area contributed by atoms with Crippen LogP contribution < -0.4 is 10.2 Å². The number of nitrogens with one attached hydrogen (secondary N) is 1. The molecule has 1 aromatic heterocycles. The number of unbranched alkanes of at least 4 members (excludes halogenated alkanes) is 1. The number of carbonyl (C=O) groups excluding carboxylic acids is 3. The van der Waals surface area contributed by atoms with Crippen molar-refractivity contribution in [2.24, 2.45) is 5.92 Å². The molecule has 2 aromatic carbocycles. The van der Waals surface area contributed by atoms with Crippen molar-refractivity contribution in [1.82, 2.24) is 15.2 Å². The number of nitrogens with zero attached hydrogens (tertiary/aromatic N) is 3. The zero-order chi connectivity index (χ0) is 26.9. The summed E-state index contributed by atoms with van der Waals surface area (Å²) in [5.74, 6) is 0.349. The number of aryl methyl sites for hydroxylation is 1. The Hall–Kier alpha value is -4.00. The predicted molar refractivity (Wildman–Crippen MR) is 151 cm³/mol. The highest BCUT2D eigenvalue weighted by atomic mass is 16.2. The van der Waals surface area contributed by atoms with Crippen LogP contribution in [0.5, 0.6) is 0 Å². The maximum absolute atomic E-state index is 13.6. The van der Waals surface area contributed by atoms with E-state index in [1.807, 2.05) is 72.5 Å². The summed E-state index contributed by atoms with van der Waals surface area (Å²) in [6.45, 7) is 8.58. The molecule has 7 nitrogen and oxygen atoms in total. The van der Waals surface area contributed by atoms with Gasteiger partial charge in [0.2, 0.25) is 11.8 Å². The predicted octanol–water partition coefficient (Wildman–Crippen LogP) is 4.55. The zero-order valence-corrected chi connectivity index (χ0v) is 22.1. The third-order valence-corrected chi connectivity index (χ3v) is 7.11. The first kappa shape index (κ1) is 27.0. The second-order valence-corrected chi connectivity index (χ2v) is 9.83. The summed E-state index contributed by atoms with van der Waals surface area (Å²) < 4.78 is 0. The number of fused-ring (bicyclic) bond motifs is 1. The maximum Gasteiger partial charge on any atom is 0.243 e. The number of hydrogen-bond donors (Lipinski definition) is 1. The van der Waals surface area contributed by atoms with Gasteiger partial charge in [0, 0.05) is 56.3 Å². The first-order valence-corrected chi connectivity index (χ1v) is 13.3. The molecule has 38 heavy (non-hydrogen) atoms. The van der Waals surface area contributed by atoms with Crippen LogP contribution in [0.3, 0.4) is 0 Å². The number of benzene rings is 2. The third-order valence-electron chi connectivity index (χ3n) is 7.11. The number of Topliss-reactive ketones (excluding diaryl/α,β-unsaturated/α-hetero) is 1. The van der Waals surface area contributed by atoms with Crippen LogP contribution in [0.2, 0.25) is 0 Å². The molecular weight excluding hydrogens is 476 g/mol. The summed E-state index contributed by atoms with van der Waals surface area (Å²) in [4.78, 5) is 47.1. The van der Waals surface area contributed by atoms with Gasteiger partial charge in [-0.25, -0.2) is 4.98 Å². The molecular formula is C31H36N4O3. The third kappa shape index (κ3) is 7.06. The zero-order valence-electron chi connectivity index (χ0n) is 22.1. The van der Waals surface area contributed by atoms with Crippen LogP contribution in [0.1, 0.15) is 41.7 Å². The van der Waals surface area contributed by atoms with E-state index in [0.717, 1.165) is 35.1 Å². The SMILES string of the molecule is C=CC(=O)NCCCC[C@H](CC(=O)c1ccc2ccccc2c1)C(=O)N1CCN(c2cccc(C)n2)CC1. The van der Waals surface area contributed by atoms with Gasteiger partial charge in [0.05, 0.1) is 0 Å². The van der Waals surface area contributed by atoms with E-state index in [1.54, 1.807) is 0 Å². The van der Waals surface area contributed by atoms with Crippen molar-refractivity contribution in [3.63, 3.8) is 0 Å². The van der Waals surface area contributed by atoms with Gasteiger partial charge in [-0.1, -0.05) is 55.5 Å². The molecule has 1 aliphatic heterocycles. The maximum atomic E-state index is 13.6. The largest absolute Gasteiger partial charge is 0.353 e. The quantitative estimate of drug-likeness (QED) is 0.232. The van der Waals surface area contributed by atoms with Crippen molar-refractivity contribution in [1.29, 1.82) is 0 Å². The van der Waals surface area contributed by atoms with Crippen LogP contribution in [0.25, 0.3) is 10.8 Å². The first-order valence-electron chi connectivity index (χ1n) is 13.3. The summed E-state index contributed by atoms with van der Waals surface area (Å²) in [6.07, 6.45) is 3.50. The van der Waals surface area contributed by atoms with E-state index >= 15 is 0 Å². The van der Waals surface area contributed by atoms with Crippen LogP contribution in [-0.2, 0) is 9.59 Å². The van der Waals surface area contributed by atoms with Crippen molar-refractivity contribution in [3.05, 3.63) is 84.6 Å². The van der Waals surface area contributed by atoms with Gasteiger partial charge in [0.15, 0.2) is 5.78 Å². The van der Waals surface area contributed by atoms with Gasteiger partial charge in [-0.3, -0.25) is 14.4 Å². The molecule has 7 heteroatoms. The van der Waals surface area contributed by atoms with Gasteiger partial charge >= 0.3 is 0 Å². The second kappa shape index (κ2) is 13.0. The summed E-state index contributed by atoms with van der Waals surface area (Å²) in [6, 6.07) is 19.7. The molecule has 0 bridgehead atoms. The van der Waals surface area contributed by atoms with Crippen LogP contribution in [-0.4, -0.2) is 60.2 Å². The number of rotatable bonds is 11. The molecule has 3 aromatic rings. The molecule has 0 aliphatic carbocycles. The Bertz CT molecular complexity index is 1300. The summed E-state index contributed by atoms with van der Waals surface area (Å²) in [7, 11) is 0. The molecule has 198 valence electrons. The lowest BCUT2D eigenvalue weighted by atomic mass is 9.91. The van der Waals surface area contributed by atoms with Crippen molar-refractivity contribution in [2.75, 3.05) is 37.6 Å². The molecule has 0 unspecified atom stereocenters. The molecule has 0 radical (unpaired) electrons. The lowest BCUT2D eigenvalue weighted by Gasteiger charge is -2.37. The minimum Gasteiger partial charge on any atom is -0.353 e. The average molecular weight is 513 g/mol. The molecule has 1 saturated heterocycles. The van der Waals surface area contributed by atoms with Gasteiger partial charge in [0.1, 0.15) is 5.82 Å². The highest BCUT2D eigenvalue weighted by Gasteiger charge is 2.29. The van der Waals surface area contributed by atoms with Gasteiger partial charge in [0.25, 0.3) is 0 Å². The number of amides is 2. The fourth-order valence-corrected chi connectivity index (χ4v) is 4.94. The lowest BCUT2D eigenvalue weighted by molar-refractivity contribution is -0.136. The van der Waals surface area contributed by atoms with Crippen LogP contribution in [0.15, 0.2) is 73.3 Å². The topological polar surface area (TPSA) is 82.6 Å². The molecule has 1 aliphatic rings. The van der Waals surface area contributed by atoms with Gasteiger partial charge in [-0.15, -0.1) is 0 Å². The Labute approximate surface area is 224 Å². The number of aromatic nitrogens is 1. The van der Waals surface area contributed by atoms with Gasteiger partial charge in [-0.2, -0.15) is 0 Å². The number of ketones is 1. The molecule has 0 saturated carbocycles. The first-order chi connectivity index (χ1) is 18.4. The number of hydrogen-bond acceptors (Lipinski definition) is 5. The van der Waals surface area contributed by atoms with E-state index < -0.39 is 5.92 Å². The molecule has 1 atom stereocenters. The Morgan fingerprint density at radius 3 is 2.47 bits per heavy atom. The van der Waals surface area contributed by atoms with E-state index in [9.17, 15) is 14.4 Å². The van der Waals surface area contributed by atoms with Crippen molar-refractivity contribution >= 4 is 34.2 Å². The lowest BCUT2D eigenvalue weighted by Crippen LogP contribution is -2.50. The van der Waals surface area contributed by atoms with E-state index in [-0.39, 0.29) is 24.0 Å². The average Bonchev–Trinajstić information content (AvgIpc) is 2.95. The van der Waals surface area contributed by atoms with Crippen molar-refractivity contribution in [3.8, 4) is 0 Å². The van der Waals surface area contributed by atoms with E-state index in [2.05, 4.69) is 21.8 Å². The molecule has 2 amide bonds. The van der Waals surface area contributed by atoms with E-state index in [1.165, 1.54) is 6.08 Å². The van der Waals surface area contributed by atoms with Crippen LogP contribution in [0, 0.1) is 12.8 Å². The smallest absolute Gasteiger partial charge is 0.243 e. The van der Waals surface area contributed by atoms with E-state index in [0.29, 0.717) is 44.7 Å². The number of anilines is 1. The van der Waals surface area contributed by atoms with Crippen molar-refractivity contribution in [2.45, 2.75) is 32.6 Å².